The molecular formula is C36H73BrO18. The van der Waals surface area contributed by atoms with Gasteiger partial charge in [-0.2, -0.15) is 0 Å². The molecule has 55 heavy (non-hydrogen) atoms. The van der Waals surface area contributed by atoms with Crippen LogP contribution >= 0.6 is 15.9 Å². The molecule has 0 aromatic rings. The zero-order valence-corrected chi connectivity index (χ0v) is 35.8. The minimum Gasteiger partial charge on any atom is -0.459 e. The normalized spacial score (nSPS) is 11.4. The number of carbonyl (C=O) groups is 2. The largest absolute Gasteiger partial charge is 0.459 e. The van der Waals surface area contributed by atoms with Crippen molar-refractivity contribution in [1.29, 1.82) is 0 Å². The van der Waals surface area contributed by atoms with E-state index in [4.69, 9.17) is 76.9 Å². The molecule has 0 saturated heterocycles. The van der Waals surface area contributed by atoms with Gasteiger partial charge in [-0.15, -0.1) is 0 Å². The monoisotopic (exact) mass is 872 g/mol. The summed E-state index contributed by atoms with van der Waals surface area (Å²) < 4.78 is 67.3. The van der Waals surface area contributed by atoms with Gasteiger partial charge in [-0.25, -0.2) is 4.79 Å². The Morgan fingerprint density at radius 1 is 0.364 bits per heavy atom. The summed E-state index contributed by atoms with van der Waals surface area (Å²) in [5.41, 5.74) is -0.856. The van der Waals surface area contributed by atoms with Crippen molar-refractivity contribution in [2.75, 3.05) is 171 Å². The highest BCUT2D eigenvalue weighted by Gasteiger charge is 2.16. The third kappa shape index (κ3) is 62.3. The van der Waals surface area contributed by atoms with Gasteiger partial charge in [-0.05, 0) is 41.5 Å². The number of rotatable bonds is 36. The third-order valence-corrected chi connectivity index (χ3v) is 5.68. The molecular weight excluding hydrogens is 800 g/mol. The van der Waals surface area contributed by atoms with Gasteiger partial charge < -0.3 is 76.9 Å². The Balaban J connectivity index is -0.000000833. The zero-order valence-electron chi connectivity index (χ0n) is 34.2. The highest BCUT2D eigenvalue weighted by atomic mass is 79.9. The minimum atomic E-state index is -0.499. The van der Waals surface area contributed by atoms with Crippen molar-refractivity contribution >= 4 is 27.9 Å². The number of halogens is 1. The average Bonchev–Trinajstić information content (AvgIpc) is 3.12. The second-order valence-corrected chi connectivity index (χ2v) is 13.2. The molecule has 0 aromatic heterocycles. The Bertz CT molecular complexity index is 767. The van der Waals surface area contributed by atoms with Crippen molar-refractivity contribution in [3.63, 3.8) is 0 Å². The first kappa shape index (κ1) is 58.2. The molecule has 19 heteroatoms. The number of aliphatic hydroxyl groups is 3. The van der Waals surface area contributed by atoms with Crippen molar-refractivity contribution in [1.82, 2.24) is 0 Å². The lowest BCUT2D eigenvalue weighted by molar-refractivity contribution is -0.160. The van der Waals surface area contributed by atoms with Gasteiger partial charge in [0.15, 0.2) is 0 Å². The molecule has 0 aliphatic carbocycles. The molecule has 332 valence electrons. The molecule has 0 spiro atoms. The molecule has 0 radical (unpaired) electrons. The van der Waals surface area contributed by atoms with E-state index in [1.807, 2.05) is 41.5 Å². The Morgan fingerprint density at radius 3 is 0.745 bits per heavy atom. The van der Waals surface area contributed by atoms with Crippen LogP contribution in [0.3, 0.4) is 0 Å². The van der Waals surface area contributed by atoms with Crippen LogP contribution in [0.2, 0.25) is 0 Å². The van der Waals surface area contributed by atoms with Gasteiger partial charge in [0.2, 0.25) is 0 Å². The minimum absolute atomic E-state index is 0.0238. The van der Waals surface area contributed by atoms with Crippen LogP contribution < -0.4 is 0 Å². The number of hydrogen-bond donors (Lipinski definition) is 3. The van der Waals surface area contributed by atoms with Crippen LogP contribution in [0.1, 0.15) is 41.5 Å². The zero-order chi connectivity index (χ0) is 41.7. The fraction of sp³-hybridized carbons (Fsp3) is 0.944. The molecule has 0 atom stereocenters. The Morgan fingerprint density at radius 2 is 0.564 bits per heavy atom. The number of hydrogen-bond acceptors (Lipinski definition) is 18. The van der Waals surface area contributed by atoms with Gasteiger partial charge in [0.25, 0.3) is 0 Å². The summed E-state index contributed by atoms with van der Waals surface area (Å²) >= 11 is 2.99. The Hall–Kier alpha value is -1.14. The molecule has 18 nitrogen and oxygen atoms in total. The number of carbonyl (C=O) groups excluding carboxylic acids is 2. The SMILES string of the molecule is CC(C)(C)OC(=O)CBr.CC(C)(C)OC(=O)COCCOCCOCCOCCOCCOCCO.OCCOCCOCCOCCOCCOCCO. The van der Waals surface area contributed by atoms with E-state index in [1.54, 1.807) is 0 Å². The topological polar surface area (TPSA) is 215 Å². The summed E-state index contributed by atoms with van der Waals surface area (Å²) in [5.74, 6) is -0.603. The predicted octanol–water partition coefficient (Wildman–Crippen LogP) is 1.20. The summed E-state index contributed by atoms with van der Waals surface area (Å²) in [6.45, 7) is 20.6. The molecule has 0 saturated carbocycles. The van der Waals surface area contributed by atoms with Gasteiger partial charge in [-0.3, -0.25) is 4.79 Å². The van der Waals surface area contributed by atoms with E-state index in [1.165, 1.54) is 0 Å². The lowest BCUT2D eigenvalue weighted by atomic mass is 10.2. The highest BCUT2D eigenvalue weighted by molar-refractivity contribution is 9.09. The van der Waals surface area contributed by atoms with Crippen molar-refractivity contribution in [2.24, 2.45) is 0 Å². The van der Waals surface area contributed by atoms with Crippen molar-refractivity contribution in [2.45, 2.75) is 52.7 Å². The molecule has 0 aromatic carbocycles. The van der Waals surface area contributed by atoms with Crippen LogP contribution in [-0.2, 0) is 71.2 Å². The predicted molar refractivity (Wildman–Crippen MR) is 206 cm³/mol. The second kappa shape index (κ2) is 45.6. The maximum atomic E-state index is 11.4. The first-order chi connectivity index (χ1) is 26.3. The van der Waals surface area contributed by atoms with Gasteiger partial charge in [0.1, 0.15) is 23.1 Å². The smallest absolute Gasteiger partial charge is 0.332 e. The van der Waals surface area contributed by atoms with Crippen LogP contribution in [0, 0.1) is 0 Å². The van der Waals surface area contributed by atoms with E-state index < -0.39 is 5.60 Å². The van der Waals surface area contributed by atoms with Crippen molar-refractivity contribution in [3.8, 4) is 0 Å². The number of ether oxygens (including phenoxy) is 13. The van der Waals surface area contributed by atoms with Gasteiger partial charge >= 0.3 is 11.9 Å². The second-order valence-electron chi connectivity index (χ2n) is 12.7. The molecule has 0 heterocycles. The van der Waals surface area contributed by atoms with E-state index in [0.29, 0.717) is 139 Å². The van der Waals surface area contributed by atoms with E-state index in [0.717, 1.165) is 0 Å². The van der Waals surface area contributed by atoms with Crippen LogP contribution in [-0.4, -0.2) is 209 Å². The van der Waals surface area contributed by atoms with Crippen LogP contribution in [0.5, 0.6) is 0 Å². The van der Waals surface area contributed by atoms with E-state index in [9.17, 15) is 9.59 Å². The summed E-state index contributed by atoms with van der Waals surface area (Å²) in [6, 6.07) is 0. The molecule has 0 aliphatic heterocycles. The molecule has 0 bridgehead atoms. The molecule has 0 aliphatic rings. The average molecular weight is 874 g/mol. The van der Waals surface area contributed by atoms with Crippen molar-refractivity contribution in [3.05, 3.63) is 0 Å². The molecule has 0 rings (SSSR count). The van der Waals surface area contributed by atoms with Crippen LogP contribution in [0.15, 0.2) is 0 Å². The standard InChI is InChI=1S/C18H36O9.C12H26O7.C6H11BrO2/c1-18(2,3)27-17(20)16-26-15-14-25-13-12-24-11-10-23-9-8-22-7-6-21-5-4-19;13-1-3-15-5-7-17-9-11-19-12-10-18-8-6-16-4-2-14;1-6(2,3)9-5(8)4-7/h19H,4-16H2,1-3H3;13-14H,1-12H2;4H2,1-3H3. The summed E-state index contributed by atoms with van der Waals surface area (Å²) in [7, 11) is 0. The summed E-state index contributed by atoms with van der Waals surface area (Å²) in [5, 5.41) is 25.7. The van der Waals surface area contributed by atoms with Gasteiger partial charge in [0, 0.05) is 0 Å². The number of alkyl halides is 1. The summed E-state index contributed by atoms with van der Waals surface area (Å²) in [6.07, 6.45) is 0. The molecule has 0 unspecified atom stereocenters. The highest BCUT2D eigenvalue weighted by Crippen LogP contribution is 2.07. The van der Waals surface area contributed by atoms with Crippen LogP contribution in [0.25, 0.3) is 0 Å². The lowest BCUT2D eigenvalue weighted by Gasteiger charge is -2.19. The Kier molecular flexibility index (Phi) is 48.2. The third-order valence-electron chi connectivity index (χ3n) is 5.22. The molecule has 0 fully saturated rings. The maximum Gasteiger partial charge on any atom is 0.332 e. The number of aliphatic hydroxyl groups excluding tert-OH is 3. The Labute approximate surface area is 337 Å². The fourth-order valence-corrected chi connectivity index (χ4v) is 3.28. The number of esters is 2. The molecule has 3 N–H and O–H groups in total. The van der Waals surface area contributed by atoms with E-state index >= 15 is 0 Å². The maximum absolute atomic E-state index is 11.4. The van der Waals surface area contributed by atoms with E-state index in [-0.39, 0.29) is 49.3 Å². The molecule has 0 amide bonds. The van der Waals surface area contributed by atoms with Gasteiger partial charge in [-0.1, -0.05) is 15.9 Å². The summed E-state index contributed by atoms with van der Waals surface area (Å²) in [4.78, 5) is 21.9. The van der Waals surface area contributed by atoms with Crippen molar-refractivity contribution < 1.29 is 86.5 Å². The fourth-order valence-electron chi connectivity index (χ4n) is 3.17. The lowest BCUT2D eigenvalue weighted by Crippen LogP contribution is -2.27. The first-order valence-electron chi connectivity index (χ1n) is 18.5. The van der Waals surface area contributed by atoms with Gasteiger partial charge in [0.05, 0.1) is 159 Å². The van der Waals surface area contributed by atoms with E-state index in [2.05, 4.69) is 15.9 Å². The quantitative estimate of drug-likeness (QED) is 0.0458. The first-order valence-corrected chi connectivity index (χ1v) is 19.6. The van der Waals surface area contributed by atoms with Crippen LogP contribution in [0.4, 0.5) is 0 Å².